The van der Waals surface area contributed by atoms with Crippen LogP contribution >= 0.6 is 58.0 Å². The summed E-state index contributed by atoms with van der Waals surface area (Å²) in [6.45, 7) is 1.87. The molecule has 118 valence electrons. The molecule has 0 amide bonds. The molecule has 0 radical (unpaired) electrons. The van der Waals surface area contributed by atoms with Crippen LogP contribution in [0.15, 0.2) is 42.5 Å². The summed E-state index contributed by atoms with van der Waals surface area (Å²) in [5, 5.41) is 1.96. The van der Waals surface area contributed by atoms with E-state index in [0.29, 0.717) is 34.7 Å². The fourth-order valence-corrected chi connectivity index (χ4v) is 3.10. The summed E-state index contributed by atoms with van der Waals surface area (Å²) in [5.74, 6) is 0. The third-order valence-corrected chi connectivity index (χ3v) is 4.24. The molecule has 0 bridgehead atoms. The van der Waals surface area contributed by atoms with E-state index in [1.165, 1.54) is 0 Å². The maximum Gasteiger partial charge on any atom is 0.120 e. The van der Waals surface area contributed by atoms with Crippen molar-refractivity contribution < 1.29 is 0 Å². The second-order valence-electron chi connectivity index (χ2n) is 4.92. The van der Waals surface area contributed by atoms with Gasteiger partial charge in [-0.1, -0.05) is 53.0 Å². The van der Waals surface area contributed by atoms with Crippen molar-refractivity contribution in [1.82, 2.24) is 4.90 Å². The Kier molecular flexibility index (Phi) is 7.14. The third kappa shape index (κ3) is 5.81. The lowest BCUT2D eigenvalue weighted by molar-refractivity contribution is 0.268. The molecule has 0 aromatic heterocycles. The predicted octanol–water partition coefficient (Wildman–Crippen LogP) is 6.45. The van der Waals surface area contributed by atoms with Gasteiger partial charge in [-0.3, -0.25) is 4.90 Å². The summed E-state index contributed by atoms with van der Waals surface area (Å²) >= 11 is 30.0. The normalized spacial score (nSPS) is 11.4. The predicted molar refractivity (Wildman–Crippen MR) is 97.5 cm³/mol. The number of hydrogen-bond donors (Lipinski definition) is 0. The quantitative estimate of drug-likeness (QED) is 0.506. The molecule has 6 heteroatoms. The lowest BCUT2D eigenvalue weighted by atomic mass is 10.1. The van der Waals surface area contributed by atoms with Crippen molar-refractivity contribution in [1.29, 1.82) is 0 Å². The van der Waals surface area contributed by atoms with E-state index >= 15 is 0 Å². The van der Waals surface area contributed by atoms with Crippen LogP contribution in [0.5, 0.6) is 0 Å². The molecule has 0 aliphatic carbocycles. The Morgan fingerprint density at radius 3 is 2.05 bits per heavy atom. The van der Waals surface area contributed by atoms with E-state index in [4.69, 9.17) is 58.0 Å². The van der Waals surface area contributed by atoms with Crippen molar-refractivity contribution in [3.8, 4) is 0 Å². The molecule has 0 fully saturated rings. The van der Waals surface area contributed by atoms with Crippen LogP contribution in [0.25, 0.3) is 0 Å². The fourth-order valence-electron chi connectivity index (χ4n) is 2.12. The van der Waals surface area contributed by atoms with Crippen molar-refractivity contribution in [2.75, 3.05) is 6.54 Å². The van der Waals surface area contributed by atoms with Gasteiger partial charge in [0, 0.05) is 34.7 Å². The fraction of sp³-hybridized carbons (Fsp3) is 0.250. The highest BCUT2D eigenvalue weighted by Gasteiger charge is 2.13. The van der Waals surface area contributed by atoms with Crippen LogP contribution in [0.2, 0.25) is 15.1 Å². The highest BCUT2D eigenvalue weighted by Crippen LogP contribution is 2.24. The molecular weight excluding hydrogens is 383 g/mol. The number of hydrogen-bond acceptors (Lipinski definition) is 1. The molecule has 0 aliphatic rings. The Labute approximate surface area is 155 Å². The van der Waals surface area contributed by atoms with Crippen molar-refractivity contribution in [2.45, 2.75) is 17.9 Å². The van der Waals surface area contributed by atoms with E-state index < -0.39 is 4.84 Å². The van der Waals surface area contributed by atoms with Gasteiger partial charge in [-0.25, -0.2) is 0 Å². The van der Waals surface area contributed by atoms with Crippen LogP contribution in [0.1, 0.15) is 11.1 Å². The SMILES string of the molecule is Clc1ccc(CN(Cc2ccc(Cl)cc2Cl)CC(Cl)Cl)cc1. The van der Waals surface area contributed by atoms with Crippen LogP contribution in [0, 0.1) is 0 Å². The largest absolute Gasteiger partial charge is 0.292 e. The van der Waals surface area contributed by atoms with Gasteiger partial charge in [0.05, 0.1) is 0 Å². The minimum atomic E-state index is -0.474. The van der Waals surface area contributed by atoms with E-state index in [1.54, 1.807) is 6.07 Å². The summed E-state index contributed by atoms with van der Waals surface area (Å²) in [6, 6.07) is 13.2. The van der Waals surface area contributed by atoms with E-state index in [2.05, 4.69) is 4.90 Å². The standard InChI is InChI=1S/C16H14Cl5N/c17-13-4-1-11(2-5-13)8-22(10-16(20)21)9-12-3-6-14(18)7-15(12)19/h1-7,16H,8-10H2. The molecule has 0 saturated heterocycles. The lowest BCUT2D eigenvalue weighted by Gasteiger charge is -2.23. The Hall–Kier alpha value is -0.150. The molecule has 0 heterocycles. The zero-order valence-electron chi connectivity index (χ0n) is 11.6. The first-order valence-electron chi connectivity index (χ1n) is 6.63. The molecule has 2 aromatic rings. The number of nitrogens with zero attached hydrogens (tertiary/aromatic N) is 1. The van der Waals surface area contributed by atoms with Gasteiger partial charge in [0.2, 0.25) is 0 Å². The average Bonchev–Trinajstić information content (AvgIpc) is 2.44. The Bertz CT molecular complexity index is 612. The van der Waals surface area contributed by atoms with Gasteiger partial charge >= 0.3 is 0 Å². The van der Waals surface area contributed by atoms with Gasteiger partial charge in [-0.2, -0.15) is 0 Å². The van der Waals surface area contributed by atoms with Gasteiger partial charge in [0.25, 0.3) is 0 Å². The average molecular weight is 398 g/mol. The first kappa shape index (κ1) is 18.2. The highest BCUT2D eigenvalue weighted by molar-refractivity contribution is 6.44. The summed E-state index contributed by atoms with van der Waals surface area (Å²) in [7, 11) is 0. The smallest absolute Gasteiger partial charge is 0.120 e. The maximum atomic E-state index is 6.24. The first-order valence-corrected chi connectivity index (χ1v) is 8.63. The molecule has 0 atom stereocenters. The second-order valence-corrected chi connectivity index (χ2v) is 7.48. The first-order chi connectivity index (χ1) is 10.4. The summed E-state index contributed by atoms with van der Waals surface area (Å²) in [4.78, 5) is 1.65. The Balaban J connectivity index is 2.13. The summed E-state index contributed by atoms with van der Waals surface area (Å²) < 4.78 is 0. The van der Waals surface area contributed by atoms with E-state index in [9.17, 15) is 0 Å². The Morgan fingerprint density at radius 2 is 1.45 bits per heavy atom. The molecule has 1 nitrogen and oxygen atoms in total. The molecule has 0 unspecified atom stereocenters. The zero-order chi connectivity index (χ0) is 16.1. The number of rotatable bonds is 6. The maximum absolute atomic E-state index is 6.24. The number of alkyl halides is 2. The van der Waals surface area contributed by atoms with Crippen LogP contribution in [-0.2, 0) is 13.1 Å². The molecule has 0 N–H and O–H groups in total. The van der Waals surface area contributed by atoms with Crippen molar-refractivity contribution >= 4 is 58.0 Å². The van der Waals surface area contributed by atoms with E-state index in [1.807, 2.05) is 36.4 Å². The van der Waals surface area contributed by atoms with Crippen LogP contribution in [0.3, 0.4) is 0 Å². The zero-order valence-corrected chi connectivity index (χ0v) is 15.4. The van der Waals surface area contributed by atoms with Gasteiger partial charge in [-0.05, 0) is 35.4 Å². The number of benzene rings is 2. The van der Waals surface area contributed by atoms with Gasteiger partial charge in [0.15, 0.2) is 0 Å². The minimum Gasteiger partial charge on any atom is -0.292 e. The van der Waals surface area contributed by atoms with Crippen LogP contribution < -0.4 is 0 Å². The molecular formula is C16H14Cl5N. The third-order valence-electron chi connectivity index (χ3n) is 3.12. The summed E-state index contributed by atoms with van der Waals surface area (Å²) in [5.41, 5.74) is 2.11. The summed E-state index contributed by atoms with van der Waals surface area (Å²) in [6.07, 6.45) is 0. The Morgan fingerprint density at radius 1 is 0.818 bits per heavy atom. The molecule has 0 spiro atoms. The second kappa shape index (κ2) is 8.63. The van der Waals surface area contributed by atoms with Crippen LogP contribution in [-0.4, -0.2) is 16.3 Å². The van der Waals surface area contributed by atoms with Crippen LogP contribution in [0.4, 0.5) is 0 Å². The van der Waals surface area contributed by atoms with Gasteiger partial charge in [0.1, 0.15) is 4.84 Å². The minimum absolute atomic E-state index is 0.474. The highest BCUT2D eigenvalue weighted by atomic mass is 35.5. The topological polar surface area (TPSA) is 3.24 Å². The van der Waals surface area contributed by atoms with Gasteiger partial charge in [-0.15, -0.1) is 23.2 Å². The van der Waals surface area contributed by atoms with Gasteiger partial charge < -0.3 is 0 Å². The van der Waals surface area contributed by atoms with Crippen molar-refractivity contribution in [3.05, 3.63) is 68.7 Å². The monoisotopic (exact) mass is 395 g/mol. The van der Waals surface area contributed by atoms with Crippen molar-refractivity contribution in [3.63, 3.8) is 0 Å². The lowest BCUT2D eigenvalue weighted by Crippen LogP contribution is -2.27. The molecule has 0 saturated carbocycles. The van der Waals surface area contributed by atoms with E-state index in [0.717, 1.165) is 11.1 Å². The molecule has 2 aromatic carbocycles. The molecule has 22 heavy (non-hydrogen) atoms. The van der Waals surface area contributed by atoms with E-state index in [-0.39, 0.29) is 0 Å². The molecule has 0 aliphatic heterocycles. The van der Waals surface area contributed by atoms with Crippen molar-refractivity contribution in [2.24, 2.45) is 0 Å². The number of halogens is 5. The molecule has 2 rings (SSSR count).